The number of nitrogens with zero attached hydrogens (tertiary/aromatic N) is 1. The predicted molar refractivity (Wildman–Crippen MR) is 74.7 cm³/mol. The normalized spacial score (nSPS) is 13.6. The second kappa shape index (κ2) is 5.19. The molecule has 0 amide bonds. The first-order valence-electron chi connectivity index (χ1n) is 5.41. The molecule has 1 aromatic heterocycles. The molecule has 0 fully saturated rings. The lowest BCUT2D eigenvalue weighted by Gasteiger charge is -2.02. The van der Waals surface area contributed by atoms with E-state index in [1.165, 1.54) is 18.2 Å². The Labute approximate surface area is 121 Å². The number of sulfonamides is 1. The number of aromatic nitrogens is 1. The zero-order chi connectivity index (χ0) is 15.8. The molecule has 0 spiro atoms. The van der Waals surface area contributed by atoms with Gasteiger partial charge in [-0.3, -0.25) is 4.72 Å². The maximum atomic E-state index is 12.2. The number of allylic oxidation sites excluding steroid dienone is 1. The van der Waals surface area contributed by atoms with Crippen molar-refractivity contribution in [2.24, 2.45) is 0 Å². The highest BCUT2D eigenvalue weighted by Crippen LogP contribution is 2.30. The van der Waals surface area contributed by atoms with Crippen LogP contribution in [0.5, 0.6) is 0 Å². The molecular weight excluding hydrogens is 329 g/mol. The van der Waals surface area contributed by atoms with E-state index in [2.05, 4.69) is 9.71 Å². The van der Waals surface area contributed by atoms with Gasteiger partial charge in [0.1, 0.15) is 5.01 Å². The van der Waals surface area contributed by atoms with Crippen LogP contribution in [-0.4, -0.2) is 30.9 Å². The fourth-order valence-electron chi connectivity index (χ4n) is 1.48. The smallest absolute Gasteiger partial charge is 0.448 e. The molecule has 5 nitrogen and oxygen atoms in total. The number of rotatable bonds is 3. The Balaban J connectivity index is 2.39. The summed E-state index contributed by atoms with van der Waals surface area (Å²) in [6.45, 7) is 0. The molecule has 2 aromatic rings. The van der Waals surface area contributed by atoms with E-state index >= 15 is 0 Å². The highest BCUT2D eigenvalue weighted by molar-refractivity contribution is 7.92. The lowest BCUT2D eigenvalue weighted by molar-refractivity contribution is -0.119. The quantitative estimate of drug-likeness (QED) is 0.843. The molecular formula is C11H9F3N2O3S2. The number of thiazole rings is 1. The van der Waals surface area contributed by atoms with E-state index in [0.717, 1.165) is 17.6 Å². The molecule has 0 aliphatic heterocycles. The van der Waals surface area contributed by atoms with Crippen molar-refractivity contribution in [1.82, 2.24) is 4.98 Å². The number of halogens is 3. The van der Waals surface area contributed by atoms with Gasteiger partial charge in [-0.1, -0.05) is 0 Å². The summed E-state index contributed by atoms with van der Waals surface area (Å²) in [6, 6.07) is 4.37. The third kappa shape index (κ3) is 4.08. The highest BCUT2D eigenvalue weighted by atomic mass is 32.2. The van der Waals surface area contributed by atoms with E-state index in [1.807, 2.05) is 0 Å². The molecule has 21 heavy (non-hydrogen) atoms. The average Bonchev–Trinajstić information content (AvgIpc) is 2.66. The number of hydrogen-bond donors (Lipinski definition) is 2. The van der Waals surface area contributed by atoms with Gasteiger partial charge >= 0.3 is 6.18 Å². The summed E-state index contributed by atoms with van der Waals surface area (Å²) in [5.74, 6) is -1.74. The van der Waals surface area contributed by atoms with Crippen LogP contribution < -0.4 is 4.72 Å². The lowest BCUT2D eigenvalue weighted by Crippen LogP contribution is -2.10. The van der Waals surface area contributed by atoms with Crippen molar-refractivity contribution < 1.29 is 26.7 Å². The number of aliphatic hydroxyl groups excluding tert-OH is 1. The lowest BCUT2D eigenvalue weighted by atomic mass is 10.3. The minimum atomic E-state index is -4.83. The van der Waals surface area contributed by atoms with Crippen molar-refractivity contribution in [3.05, 3.63) is 29.0 Å². The number of alkyl halides is 3. The van der Waals surface area contributed by atoms with Crippen molar-refractivity contribution in [2.45, 2.75) is 6.18 Å². The van der Waals surface area contributed by atoms with Gasteiger partial charge in [0, 0.05) is 6.08 Å². The summed E-state index contributed by atoms with van der Waals surface area (Å²) in [5, 5.41) is 8.85. The van der Waals surface area contributed by atoms with E-state index < -0.39 is 22.0 Å². The molecule has 0 radical (unpaired) electrons. The summed E-state index contributed by atoms with van der Waals surface area (Å²) in [6.07, 6.45) is -3.32. The van der Waals surface area contributed by atoms with Gasteiger partial charge in [0.25, 0.3) is 0 Å². The van der Waals surface area contributed by atoms with Crippen molar-refractivity contribution in [1.29, 1.82) is 0 Å². The van der Waals surface area contributed by atoms with Gasteiger partial charge in [-0.15, -0.1) is 11.3 Å². The molecule has 0 saturated heterocycles. The molecule has 2 rings (SSSR count). The van der Waals surface area contributed by atoms with Gasteiger partial charge in [-0.05, 0) is 18.2 Å². The van der Waals surface area contributed by atoms with Crippen LogP contribution in [0.3, 0.4) is 0 Å². The number of hydrogen-bond acceptors (Lipinski definition) is 5. The molecule has 10 heteroatoms. The molecule has 114 valence electrons. The van der Waals surface area contributed by atoms with Crippen molar-refractivity contribution in [3.8, 4) is 0 Å². The highest BCUT2D eigenvalue weighted by Gasteiger charge is 2.34. The number of benzene rings is 1. The van der Waals surface area contributed by atoms with Crippen LogP contribution in [0.2, 0.25) is 0 Å². The monoisotopic (exact) mass is 338 g/mol. The van der Waals surface area contributed by atoms with Crippen LogP contribution in [0.1, 0.15) is 5.01 Å². The van der Waals surface area contributed by atoms with Gasteiger partial charge in [0.2, 0.25) is 15.8 Å². The van der Waals surface area contributed by atoms with Crippen LogP contribution >= 0.6 is 11.3 Å². The predicted octanol–water partition coefficient (Wildman–Crippen LogP) is 3.13. The molecule has 1 aromatic carbocycles. The summed E-state index contributed by atoms with van der Waals surface area (Å²) < 4.78 is 61.6. The first-order valence-corrected chi connectivity index (χ1v) is 8.12. The fraction of sp³-hybridized carbons (Fsp3) is 0.182. The van der Waals surface area contributed by atoms with E-state index in [-0.39, 0.29) is 10.7 Å². The minimum Gasteiger partial charge on any atom is -0.504 e. The van der Waals surface area contributed by atoms with Crippen molar-refractivity contribution >= 4 is 43.3 Å². The minimum absolute atomic E-state index is 0.0312. The van der Waals surface area contributed by atoms with Crippen LogP contribution in [0.4, 0.5) is 18.9 Å². The summed E-state index contributed by atoms with van der Waals surface area (Å²) >= 11 is 0.900. The Hall–Kier alpha value is -1.81. The van der Waals surface area contributed by atoms with Gasteiger partial charge < -0.3 is 5.11 Å². The number of anilines is 1. The van der Waals surface area contributed by atoms with Crippen molar-refractivity contribution in [3.63, 3.8) is 0 Å². The van der Waals surface area contributed by atoms with E-state index in [9.17, 15) is 21.6 Å². The summed E-state index contributed by atoms with van der Waals surface area (Å²) in [5.41, 5.74) is 0.685. The second-order valence-electron chi connectivity index (χ2n) is 4.14. The van der Waals surface area contributed by atoms with Crippen LogP contribution in [0.15, 0.2) is 24.0 Å². The Kier molecular flexibility index (Phi) is 3.85. The van der Waals surface area contributed by atoms with E-state index in [1.54, 1.807) is 0 Å². The topological polar surface area (TPSA) is 79.3 Å². The summed E-state index contributed by atoms with van der Waals surface area (Å²) in [7, 11) is -3.44. The Morgan fingerprint density at radius 2 is 2.10 bits per heavy atom. The van der Waals surface area contributed by atoms with Crippen LogP contribution in [0.25, 0.3) is 16.3 Å². The molecule has 0 unspecified atom stereocenters. The number of aliphatic hydroxyl groups is 1. The van der Waals surface area contributed by atoms with Crippen LogP contribution in [-0.2, 0) is 10.0 Å². The van der Waals surface area contributed by atoms with Gasteiger partial charge in [-0.2, -0.15) is 13.2 Å². The standard InChI is InChI=1S/C11H9F3N2O3S2/c1-21(18,19)16-6-2-3-7-8(4-6)20-10(15-7)5-9(17)11(12,13)14/h2-5,16-17H,1H3/b9-5-. The zero-order valence-corrected chi connectivity index (χ0v) is 12.1. The zero-order valence-electron chi connectivity index (χ0n) is 10.5. The second-order valence-corrected chi connectivity index (χ2v) is 6.95. The van der Waals surface area contributed by atoms with Crippen LogP contribution in [0, 0.1) is 0 Å². The molecule has 0 aliphatic carbocycles. The maximum Gasteiger partial charge on any atom is 0.448 e. The van der Waals surface area contributed by atoms with Crippen molar-refractivity contribution in [2.75, 3.05) is 11.0 Å². The Morgan fingerprint density at radius 3 is 2.67 bits per heavy atom. The molecule has 0 atom stereocenters. The van der Waals surface area contributed by atoms with Gasteiger partial charge in [0.05, 0.1) is 22.2 Å². The molecule has 0 saturated carbocycles. The maximum absolute atomic E-state index is 12.2. The SMILES string of the molecule is CS(=O)(=O)Nc1ccc2nc(/C=C(\O)C(F)(F)F)sc2c1. The average molecular weight is 338 g/mol. The molecule has 1 heterocycles. The van der Waals surface area contributed by atoms with Gasteiger partial charge in [0.15, 0.2) is 0 Å². The molecule has 0 bridgehead atoms. The van der Waals surface area contributed by atoms with Gasteiger partial charge in [-0.25, -0.2) is 13.4 Å². The summed E-state index contributed by atoms with van der Waals surface area (Å²) in [4.78, 5) is 3.91. The number of nitrogens with one attached hydrogen (secondary N) is 1. The van der Waals surface area contributed by atoms with E-state index in [4.69, 9.17) is 5.11 Å². The fourth-order valence-corrected chi connectivity index (χ4v) is 2.98. The first-order chi connectivity index (χ1) is 9.54. The van der Waals surface area contributed by atoms with E-state index in [0.29, 0.717) is 16.3 Å². The molecule has 0 aliphatic rings. The number of fused-ring (bicyclic) bond motifs is 1. The first kappa shape index (κ1) is 15.6. The Morgan fingerprint density at radius 1 is 1.43 bits per heavy atom. The molecule has 2 N–H and O–H groups in total. The Bertz CT molecular complexity index is 810. The third-order valence-electron chi connectivity index (χ3n) is 2.26. The third-order valence-corrected chi connectivity index (χ3v) is 3.83. The largest absolute Gasteiger partial charge is 0.504 e.